The molecular weight excluding hydrogens is 286 g/mol. The lowest BCUT2D eigenvalue weighted by Gasteiger charge is -2.10. The molecule has 0 fully saturated rings. The molecule has 6 heteroatoms. The van der Waals surface area contributed by atoms with Crippen molar-refractivity contribution >= 4 is 28.9 Å². The molecule has 1 amide bonds. The molecule has 0 aliphatic carbocycles. The van der Waals surface area contributed by atoms with Crippen molar-refractivity contribution in [1.29, 1.82) is 0 Å². The number of carbonyl (C=O) groups is 1. The zero-order valence-electron chi connectivity index (χ0n) is 10.5. The maximum absolute atomic E-state index is 13.8. The Bertz CT molecular complexity index is 689. The minimum absolute atomic E-state index is 0.181. The Morgan fingerprint density at radius 3 is 2.60 bits per heavy atom. The van der Waals surface area contributed by atoms with E-state index < -0.39 is 23.1 Å². The third-order valence-electron chi connectivity index (χ3n) is 2.75. The number of carbonyl (C=O) groups excluding carboxylic acids is 1. The lowest BCUT2D eigenvalue weighted by molar-refractivity contribution is 0.101. The molecule has 3 N–H and O–H groups in total. The highest BCUT2D eigenvalue weighted by atomic mass is 35.5. The van der Waals surface area contributed by atoms with Crippen molar-refractivity contribution in [3.8, 4) is 0 Å². The standard InChI is InChI=1S/C14H11ClF2N2O/c1-7-2-4-10(16)12(13(7)17)14(20)19-11-5-3-8(18)6-9(11)15/h2-6H,18H2,1H3,(H,19,20). The van der Waals surface area contributed by atoms with Gasteiger partial charge in [0, 0.05) is 5.69 Å². The Morgan fingerprint density at radius 2 is 1.95 bits per heavy atom. The second-order valence-corrected chi connectivity index (χ2v) is 4.65. The molecule has 3 nitrogen and oxygen atoms in total. The molecule has 0 unspecified atom stereocenters. The predicted molar refractivity (Wildman–Crippen MR) is 74.9 cm³/mol. The molecule has 0 heterocycles. The van der Waals surface area contributed by atoms with Gasteiger partial charge in [0.05, 0.1) is 10.7 Å². The van der Waals surface area contributed by atoms with Crippen molar-refractivity contribution in [1.82, 2.24) is 0 Å². The van der Waals surface area contributed by atoms with Crippen LogP contribution in [0.4, 0.5) is 20.2 Å². The number of nitrogens with two attached hydrogens (primary N) is 1. The van der Waals surface area contributed by atoms with Gasteiger partial charge in [-0.1, -0.05) is 17.7 Å². The van der Waals surface area contributed by atoms with E-state index in [2.05, 4.69) is 5.32 Å². The average molecular weight is 297 g/mol. The van der Waals surface area contributed by atoms with Gasteiger partial charge in [-0.3, -0.25) is 4.79 Å². The molecule has 0 spiro atoms. The molecule has 104 valence electrons. The number of hydrogen-bond acceptors (Lipinski definition) is 2. The minimum atomic E-state index is -0.933. The first kappa shape index (κ1) is 14.3. The van der Waals surface area contributed by atoms with Gasteiger partial charge < -0.3 is 11.1 Å². The van der Waals surface area contributed by atoms with Crippen LogP contribution in [-0.2, 0) is 0 Å². The first-order valence-electron chi connectivity index (χ1n) is 5.71. The van der Waals surface area contributed by atoms with E-state index in [4.69, 9.17) is 17.3 Å². The fourth-order valence-corrected chi connectivity index (χ4v) is 1.92. The number of anilines is 2. The normalized spacial score (nSPS) is 10.4. The summed E-state index contributed by atoms with van der Waals surface area (Å²) in [7, 11) is 0. The number of aryl methyl sites for hydroxylation is 1. The number of rotatable bonds is 2. The Hall–Kier alpha value is -2.14. The molecule has 2 rings (SSSR count). The van der Waals surface area contributed by atoms with Gasteiger partial charge in [0.2, 0.25) is 0 Å². The lowest BCUT2D eigenvalue weighted by Crippen LogP contribution is -2.16. The second-order valence-electron chi connectivity index (χ2n) is 4.25. The summed E-state index contributed by atoms with van der Waals surface area (Å²) in [6.07, 6.45) is 0. The van der Waals surface area contributed by atoms with Crippen molar-refractivity contribution in [2.45, 2.75) is 6.92 Å². The van der Waals surface area contributed by atoms with E-state index in [1.54, 1.807) is 0 Å². The van der Waals surface area contributed by atoms with E-state index in [0.717, 1.165) is 6.07 Å². The first-order chi connectivity index (χ1) is 9.40. The topological polar surface area (TPSA) is 55.1 Å². The van der Waals surface area contributed by atoms with Gasteiger partial charge in [-0.25, -0.2) is 8.78 Å². The molecule has 20 heavy (non-hydrogen) atoms. The molecular formula is C14H11ClF2N2O. The van der Waals surface area contributed by atoms with Gasteiger partial charge >= 0.3 is 0 Å². The number of nitrogen functional groups attached to an aromatic ring is 1. The zero-order chi connectivity index (χ0) is 14.9. The predicted octanol–water partition coefficient (Wildman–Crippen LogP) is 3.76. The van der Waals surface area contributed by atoms with E-state index in [1.165, 1.54) is 31.2 Å². The number of halogens is 3. The summed E-state index contributed by atoms with van der Waals surface area (Å²) < 4.78 is 27.4. The maximum atomic E-state index is 13.8. The third-order valence-corrected chi connectivity index (χ3v) is 3.07. The summed E-state index contributed by atoms with van der Waals surface area (Å²) in [5.74, 6) is -2.73. The molecule has 0 radical (unpaired) electrons. The third kappa shape index (κ3) is 2.72. The quantitative estimate of drug-likeness (QED) is 0.829. The van der Waals surface area contributed by atoms with Crippen LogP contribution < -0.4 is 11.1 Å². The van der Waals surface area contributed by atoms with E-state index in [9.17, 15) is 13.6 Å². The molecule has 0 aliphatic heterocycles. The van der Waals surface area contributed by atoms with Crippen molar-refractivity contribution < 1.29 is 13.6 Å². The van der Waals surface area contributed by atoms with Gasteiger partial charge in [-0.2, -0.15) is 0 Å². The lowest BCUT2D eigenvalue weighted by atomic mass is 10.1. The summed E-state index contributed by atoms with van der Waals surface area (Å²) >= 11 is 5.89. The maximum Gasteiger partial charge on any atom is 0.261 e. The van der Waals surface area contributed by atoms with Crippen molar-refractivity contribution in [2.24, 2.45) is 0 Å². The van der Waals surface area contributed by atoms with Crippen LogP contribution >= 0.6 is 11.6 Å². The summed E-state index contributed by atoms with van der Waals surface area (Å²) in [5, 5.41) is 2.54. The van der Waals surface area contributed by atoms with Crippen molar-refractivity contribution in [2.75, 3.05) is 11.1 Å². The minimum Gasteiger partial charge on any atom is -0.399 e. The largest absolute Gasteiger partial charge is 0.399 e. The zero-order valence-corrected chi connectivity index (χ0v) is 11.3. The Labute approximate surface area is 119 Å². The van der Waals surface area contributed by atoms with Gasteiger partial charge in [0.15, 0.2) is 0 Å². The number of benzene rings is 2. The Morgan fingerprint density at radius 1 is 1.25 bits per heavy atom. The van der Waals surface area contributed by atoms with Gasteiger partial charge in [-0.05, 0) is 36.8 Å². The SMILES string of the molecule is Cc1ccc(F)c(C(=O)Nc2ccc(N)cc2Cl)c1F. The van der Waals surface area contributed by atoms with Crippen LogP contribution in [0.15, 0.2) is 30.3 Å². The van der Waals surface area contributed by atoms with Gasteiger partial charge in [-0.15, -0.1) is 0 Å². The monoisotopic (exact) mass is 296 g/mol. The molecule has 0 saturated carbocycles. The highest BCUT2D eigenvalue weighted by Crippen LogP contribution is 2.25. The molecule has 2 aromatic carbocycles. The first-order valence-corrected chi connectivity index (χ1v) is 6.09. The van der Waals surface area contributed by atoms with E-state index in [0.29, 0.717) is 5.69 Å². The summed E-state index contributed by atoms with van der Waals surface area (Å²) in [6.45, 7) is 1.45. The van der Waals surface area contributed by atoms with Crippen LogP contribution in [0.3, 0.4) is 0 Å². The number of hydrogen-bond donors (Lipinski definition) is 2. The average Bonchev–Trinajstić information content (AvgIpc) is 2.38. The molecule has 0 saturated heterocycles. The van der Waals surface area contributed by atoms with Gasteiger partial charge in [0.25, 0.3) is 5.91 Å². The highest BCUT2D eigenvalue weighted by Gasteiger charge is 2.19. The van der Waals surface area contributed by atoms with Gasteiger partial charge in [0.1, 0.15) is 17.2 Å². The Kier molecular flexibility index (Phi) is 3.90. The van der Waals surface area contributed by atoms with Crippen LogP contribution in [0.1, 0.15) is 15.9 Å². The van der Waals surface area contributed by atoms with Crippen LogP contribution in [0.5, 0.6) is 0 Å². The molecule has 0 aliphatic rings. The molecule has 0 bridgehead atoms. The van der Waals surface area contributed by atoms with Crippen molar-refractivity contribution in [3.63, 3.8) is 0 Å². The fourth-order valence-electron chi connectivity index (χ4n) is 1.68. The number of nitrogens with one attached hydrogen (secondary N) is 1. The smallest absolute Gasteiger partial charge is 0.261 e. The summed E-state index contributed by atoms with van der Waals surface area (Å²) in [4.78, 5) is 12.0. The van der Waals surface area contributed by atoms with Crippen LogP contribution in [0.25, 0.3) is 0 Å². The van der Waals surface area contributed by atoms with E-state index in [1.807, 2.05) is 0 Å². The van der Waals surface area contributed by atoms with Crippen LogP contribution in [0.2, 0.25) is 5.02 Å². The van der Waals surface area contributed by atoms with E-state index in [-0.39, 0.29) is 16.3 Å². The second kappa shape index (κ2) is 5.46. The highest BCUT2D eigenvalue weighted by molar-refractivity contribution is 6.34. The van der Waals surface area contributed by atoms with Crippen molar-refractivity contribution in [3.05, 3.63) is 58.1 Å². The number of amides is 1. The summed E-state index contributed by atoms with van der Waals surface area (Å²) in [6, 6.07) is 6.71. The van der Waals surface area contributed by atoms with E-state index >= 15 is 0 Å². The molecule has 2 aromatic rings. The summed E-state index contributed by atoms with van der Waals surface area (Å²) in [5.41, 5.74) is 5.71. The van der Waals surface area contributed by atoms with Crippen LogP contribution in [-0.4, -0.2) is 5.91 Å². The van der Waals surface area contributed by atoms with Crippen LogP contribution in [0, 0.1) is 18.6 Å². The molecule has 0 aromatic heterocycles. The Balaban J connectivity index is 2.36. The fraction of sp³-hybridized carbons (Fsp3) is 0.0714. The molecule has 0 atom stereocenters.